The summed E-state index contributed by atoms with van der Waals surface area (Å²) in [6, 6.07) is 4.18. The highest BCUT2D eigenvalue weighted by atomic mass is 32.1. The van der Waals surface area contributed by atoms with Gasteiger partial charge in [-0.25, -0.2) is 9.97 Å². The molecule has 3 rings (SSSR count). The quantitative estimate of drug-likeness (QED) is 0.767. The van der Waals surface area contributed by atoms with E-state index in [0.717, 1.165) is 23.4 Å². The van der Waals surface area contributed by atoms with Gasteiger partial charge >= 0.3 is 0 Å². The maximum Gasteiger partial charge on any atom is 0.160 e. The molecule has 0 saturated carbocycles. The van der Waals surface area contributed by atoms with Gasteiger partial charge in [-0.15, -0.1) is 11.3 Å². The molecular formula is C11H11N5S. The Kier molecular flexibility index (Phi) is 2.49. The van der Waals surface area contributed by atoms with Gasteiger partial charge in [0.05, 0.1) is 18.1 Å². The second-order valence-corrected chi connectivity index (χ2v) is 4.80. The average molecular weight is 245 g/mol. The Hall–Kier alpha value is -1.95. The Morgan fingerprint density at radius 1 is 1.41 bits per heavy atom. The lowest BCUT2D eigenvalue weighted by Gasteiger charge is -2.17. The highest BCUT2D eigenvalue weighted by Gasteiger charge is 2.10. The van der Waals surface area contributed by atoms with E-state index in [2.05, 4.69) is 42.6 Å². The van der Waals surface area contributed by atoms with Gasteiger partial charge in [0, 0.05) is 11.9 Å². The molecule has 0 unspecified atom stereocenters. The number of aromatic amines is 1. The number of thiophene rings is 1. The lowest BCUT2D eigenvalue weighted by molar-refractivity contribution is 0.914. The van der Waals surface area contributed by atoms with Gasteiger partial charge in [0.1, 0.15) is 12.1 Å². The topological polar surface area (TPSA) is 57.7 Å². The molecule has 6 heteroatoms. The molecule has 5 nitrogen and oxygen atoms in total. The summed E-state index contributed by atoms with van der Waals surface area (Å²) in [5.74, 6) is 0.900. The van der Waals surface area contributed by atoms with E-state index in [1.165, 1.54) is 4.88 Å². The van der Waals surface area contributed by atoms with Gasteiger partial charge in [0.15, 0.2) is 5.65 Å². The summed E-state index contributed by atoms with van der Waals surface area (Å²) in [5.41, 5.74) is 0.771. The lowest BCUT2D eigenvalue weighted by Crippen LogP contribution is -2.17. The fraction of sp³-hybridized carbons (Fsp3) is 0.182. The fourth-order valence-corrected chi connectivity index (χ4v) is 2.52. The number of fused-ring (bicyclic) bond motifs is 1. The van der Waals surface area contributed by atoms with Crippen molar-refractivity contribution in [3.8, 4) is 0 Å². The first-order chi connectivity index (χ1) is 8.34. The third-order valence-electron chi connectivity index (χ3n) is 2.56. The smallest absolute Gasteiger partial charge is 0.160 e. The summed E-state index contributed by atoms with van der Waals surface area (Å²) in [4.78, 5) is 11.9. The van der Waals surface area contributed by atoms with E-state index in [1.807, 2.05) is 7.05 Å². The Bertz CT molecular complexity index is 616. The molecule has 0 radical (unpaired) electrons. The van der Waals surface area contributed by atoms with Crippen LogP contribution in [0.3, 0.4) is 0 Å². The average Bonchev–Trinajstić information content (AvgIpc) is 2.97. The summed E-state index contributed by atoms with van der Waals surface area (Å²) < 4.78 is 0. The third kappa shape index (κ3) is 1.87. The van der Waals surface area contributed by atoms with E-state index in [-0.39, 0.29) is 0 Å². The maximum atomic E-state index is 4.32. The monoisotopic (exact) mass is 245 g/mol. The van der Waals surface area contributed by atoms with Gasteiger partial charge < -0.3 is 4.90 Å². The van der Waals surface area contributed by atoms with Crippen molar-refractivity contribution in [2.24, 2.45) is 0 Å². The van der Waals surface area contributed by atoms with Crippen LogP contribution in [0.5, 0.6) is 0 Å². The van der Waals surface area contributed by atoms with Crippen LogP contribution in [0.25, 0.3) is 11.0 Å². The Morgan fingerprint density at radius 3 is 3.18 bits per heavy atom. The first-order valence-corrected chi connectivity index (χ1v) is 6.10. The Labute approximate surface area is 102 Å². The first-order valence-electron chi connectivity index (χ1n) is 5.22. The van der Waals surface area contributed by atoms with Crippen LogP contribution in [0.1, 0.15) is 4.88 Å². The van der Waals surface area contributed by atoms with Crippen molar-refractivity contribution in [2.45, 2.75) is 6.54 Å². The zero-order valence-electron chi connectivity index (χ0n) is 9.29. The number of aromatic nitrogens is 4. The molecule has 3 aromatic rings. The molecule has 0 aromatic carbocycles. The van der Waals surface area contributed by atoms with Crippen molar-refractivity contribution < 1.29 is 0 Å². The van der Waals surface area contributed by atoms with Crippen LogP contribution in [0.15, 0.2) is 30.0 Å². The van der Waals surface area contributed by atoms with Crippen molar-refractivity contribution >= 4 is 28.2 Å². The predicted molar refractivity (Wildman–Crippen MR) is 68.1 cm³/mol. The minimum atomic E-state index is 0.771. The number of hydrogen-bond acceptors (Lipinski definition) is 5. The largest absolute Gasteiger partial charge is 0.354 e. The van der Waals surface area contributed by atoms with E-state index < -0.39 is 0 Å². The summed E-state index contributed by atoms with van der Waals surface area (Å²) in [7, 11) is 2.02. The number of nitrogens with zero attached hydrogens (tertiary/aromatic N) is 4. The van der Waals surface area contributed by atoms with Gasteiger partial charge in [-0.2, -0.15) is 5.10 Å². The van der Waals surface area contributed by atoms with Crippen molar-refractivity contribution in [1.82, 2.24) is 20.2 Å². The first kappa shape index (κ1) is 10.2. The molecule has 0 atom stereocenters. The van der Waals surface area contributed by atoms with E-state index >= 15 is 0 Å². The lowest BCUT2D eigenvalue weighted by atomic mass is 10.3. The molecule has 17 heavy (non-hydrogen) atoms. The van der Waals surface area contributed by atoms with Crippen LogP contribution < -0.4 is 4.90 Å². The third-order valence-corrected chi connectivity index (χ3v) is 3.42. The minimum Gasteiger partial charge on any atom is -0.354 e. The zero-order chi connectivity index (χ0) is 11.7. The summed E-state index contributed by atoms with van der Waals surface area (Å²) in [6.45, 7) is 0.842. The second-order valence-electron chi connectivity index (χ2n) is 3.76. The molecule has 0 bridgehead atoms. The molecule has 0 aliphatic heterocycles. The number of H-pyrrole nitrogens is 1. The van der Waals surface area contributed by atoms with Crippen molar-refractivity contribution in [2.75, 3.05) is 11.9 Å². The SMILES string of the molecule is CN(Cc1cccs1)c1ncnc2[nH]ncc12. The molecule has 1 N–H and O–H groups in total. The van der Waals surface area contributed by atoms with E-state index in [0.29, 0.717) is 0 Å². The molecule has 0 saturated heterocycles. The van der Waals surface area contributed by atoms with Crippen LogP contribution in [-0.4, -0.2) is 27.2 Å². The van der Waals surface area contributed by atoms with Crippen LogP contribution in [0, 0.1) is 0 Å². The summed E-state index contributed by atoms with van der Waals surface area (Å²) in [5, 5.41) is 9.87. The molecule has 0 amide bonds. The molecule has 3 aromatic heterocycles. The van der Waals surface area contributed by atoms with Crippen molar-refractivity contribution in [3.05, 3.63) is 34.9 Å². The zero-order valence-corrected chi connectivity index (χ0v) is 10.1. The van der Waals surface area contributed by atoms with Crippen LogP contribution >= 0.6 is 11.3 Å². The molecule has 0 fully saturated rings. The molecule has 0 spiro atoms. The second kappa shape index (κ2) is 4.14. The fourth-order valence-electron chi connectivity index (χ4n) is 1.77. The molecular weight excluding hydrogens is 234 g/mol. The molecule has 3 heterocycles. The number of hydrogen-bond donors (Lipinski definition) is 1. The van der Waals surface area contributed by atoms with Crippen LogP contribution in [-0.2, 0) is 6.54 Å². The maximum absolute atomic E-state index is 4.32. The number of nitrogens with one attached hydrogen (secondary N) is 1. The normalized spacial score (nSPS) is 10.9. The molecule has 0 aliphatic rings. The van der Waals surface area contributed by atoms with E-state index in [4.69, 9.17) is 0 Å². The Morgan fingerprint density at radius 2 is 2.35 bits per heavy atom. The highest BCUT2D eigenvalue weighted by molar-refractivity contribution is 7.09. The summed E-state index contributed by atoms with van der Waals surface area (Å²) in [6.07, 6.45) is 3.32. The Balaban J connectivity index is 1.95. The van der Waals surface area contributed by atoms with Gasteiger partial charge in [0.25, 0.3) is 0 Å². The summed E-state index contributed by atoms with van der Waals surface area (Å²) >= 11 is 1.74. The number of rotatable bonds is 3. The van der Waals surface area contributed by atoms with Crippen LogP contribution in [0.4, 0.5) is 5.82 Å². The number of anilines is 1. The molecule has 86 valence electrons. The standard InChI is InChI=1S/C11H11N5S/c1-16(6-8-3-2-4-17-8)11-9-5-14-15-10(9)12-7-13-11/h2-5,7H,6H2,1H3,(H,12,13,14,15). The van der Waals surface area contributed by atoms with E-state index in [1.54, 1.807) is 23.9 Å². The highest BCUT2D eigenvalue weighted by Crippen LogP contribution is 2.22. The minimum absolute atomic E-state index is 0.771. The van der Waals surface area contributed by atoms with Gasteiger partial charge in [-0.05, 0) is 11.4 Å². The van der Waals surface area contributed by atoms with Crippen molar-refractivity contribution in [3.63, 3.8) is 0 Å². The van der Waals surface area contributed by atoms with Crippen LogP contribution in [0.2, 0.25) is 0 Å². The molecule has 0 aliphatic carbocycles. The predicted octanol–water partition coefficient (Wildman–Crippen LogP) is 2.05. The van der Waals surface area contributed by atoms with E-state index in [9.17, 15) is 0 Å². The van der Waals surface area contributed by atoms with Gasteiger partial charge in [0.2, 0.25) is 0 Å². The van der Waals surface area contributed by atoms with Gasteiger partial charge in [-0.1, -0.05) is 6.07 Å². The van der Waals surface area contributed by atoms with Crippen molar-refractivity contribution in [1.29, 1.82) is 0 Å². The van der Waals surface area contributed by atoms with Gasteiger partial charge in [-0.3, -0.25) is 5.10 Å².